The van der Waals surface area contributed by atoms with Gasteiger partial charge < -0.3 is 31.9 Å². The summed E-state index contributed by atoms with van der Waals surface area (Å²) < 4.78 is 23.6. The Morgan fingerprint density at radius 2 is 1.35 bits per heavy atom. The zero-order valence-electron chi connectivity index (χ0n) is 30.9. The molecule has 0 radical (unpaired) electrons. The standard InChI is InChI=1S/C35H60N6O7S/c1-11-14-28(39-35(46)30(23(8)12-2)41-32(43)25-15-17-27(18-16-25)49(10,47)48)33(44)38-26(19-21(4)5)20-37-24(9)31(42)40-29(22(6)7)34(45)36-13-3/h15-18,21-24,26,28-30,37H,11-14,19-20H2,1-10H3,(H,36,45)(H,38,44)(H,39,46)(H,40,42)(H,41,43)/t23-,24-,26-,28-,29-,30-/m0/s1. The number of sulfone groups is 1. The van der Waals surface area contributed by atoms with Crippen molar-refractivity contribution in [3.8, 4) is 0 Å². The van der Waals surface area contributed by atoms with Gasteiger partial charge >= 0.3 is 0 Å². The average molecular weight is 709 g/mol. The lowest BCUT2D eigenvalue weighted by atomic mass is 9.97. The van der Waals surface area contributed by atoms with Gasteiger partial charge in [-0.1, -0.05) is 61.3 Å². The zero-order chi connectivity index (χ0) is 37.5. The van der Waals surface area contributed by atoms with Gasteiger partial charge in [0.2, 0.25) is 23.6 Å². The summed E-state index contributed by atoms with van der Waals surface area (Å²) in [5.41, 5.74) is 0.201. The molecule has 6 N–H and O–H groups in total. The molecule has 0 spiro atoms. The van der Waals surface area contributed by atoms with Crippen LogP contribution < -0.4 is 31.9 Å². The predicted molar refractivity (Wildman–Crippen MR) is 191 cm³/mol. The van der Waals surface area contributed by atoms with E-state index in [-0.39, 0.29) is 58.5 Å². The summed E-state index contributed by atoms with van der Waals surface area (Å²) >= 11 is 0. The number of hydrogen-bond acceptors (Lipinski definition) is 8. The Morgan fingerprint density at radius 1 is 0.735 bits per heavy atom. The van der Waals surface area contributed by atoms with Crippen molar-refractivity contribution in [3.05, 3.63) is 29.8 Å². The predicted octanol–water partition coefficient (Wildman–Crippen LogP) is 2.31. The van der Waals surface area contributed by atoms with E-state index in [4.69, 9.17) is 0 Å². The molecule has 49 heavy (non-hydrogen) atoms. The van der Waals surface area contributed by atoms with E-state index in [9.17, 15) is 32.4 Å². The summed E-state index contributed by atoms with van der Waals surface area (Å²) in [6.45, 7) is 17.6. The molecule has 6 atom stereocenters. The zero-order valence-corrected chi connectivity index (χ0v) is 31.8. The van der Waals surface area contributed by atoms with Crippen LogP contribution in [0.4, 0.5) is 0 Å². The van der Waals surface area contributed by atoms with E-state index in [2.05, 4.69) is 31.9 Å². The largest absolute Gasteiger partial charge is 0.355 e. The van der Waals surface area contributed by atoms with Crippen LogP contribution in [0.5, 0.6) is 0 Å². The van der Waals surface area contributed by atoms with E-state index < -0.39 is 45.8 Å². The summed E-state index contributed by atoms with van der Waals surface area (Å²) in [5.74, 6) is -2.15. The van der Waals surface area contributed by atoms with Crippen molar-refractivity contribution in [2.75, 3.05) is 19.3 Å². The van der Waals surface area contributed by atoms with Gasteiger partial charge in [-0.3, -0.25) is 24.0 Å². The molecular weight excluding hydrogens is 648 g/mol. The van der Waals surface area contributed by atoms with Crippen LogP contribution in [-0.4, -0.2) is 87.5 Å². The summed E-state index contributed by atoms with van der Waals surface area (Å²) in [4.78, 5) is 65.8. The Morgan fingerprint density at radius 3 is 1.84 bits per heavy atom. The highest BCUT2D eigenvalue weighted by Crippen LogP contribution is 2.14. The molecule has 278 valence electrons. The van der Waals surface area contributed by atoms with E-state index >= 15 is 0 Å². The first kappa shape index (κ1) is 43.5. The second-order valence-electron chi connectivity index (χ2n) is 13.6. The van der Waals surface area contributed by atoms with Gasteiger partial charge in [-0.2, -0.15) is 0 Å². The molecule has 1 rings (SSSR count). The van der Waals surface area contributed by atoms with E-state index in [0.717, 1.165) is 6.26 Å². The highest BCUT2D eigenvalue weighted by atomic mass is 32.2. The van der Waals surface area contributed by atoms with Crippen LogP contribution in [0, 0.1) is 17.8 Å². The Hall–Kier alpha value is -3.52. The molecule has 0 aliphatic heterocycles. The van der Waals surface area contributed by atoms with Crippen LogP contribution >= 0.6 is 0 Å². The van der Waals surface area contributed by atoms with E-state index in [1.807, 2.05) is 55.4 Å². The van der Waals surface area contributed by atoms with Crippen LogP contribution in [-0.2, 0) is 29.0 Å². The normalized spacial score (nSPS) is 15.3. The van der Waals surface area contributed by atoms with Gasteiger partial charge in [-0.25, -0.2) is 8.42 Å². The van der Waals surface area contributed by atoms with Crippen LogP contribution in [0.15, 0.2) is 29.2 Å². The smallest absolute Gasteiger partial charge is 0.251 e. The summed E-state index contributed by atoms with van der Waals surface area (Å²) in [6.07, 6.45) is 3.23. The van der Waals surface area contributed by atoms with Gasteiger partial charge in [0.15, 0.2) is 9.84 Å². The molecule has 14 heteroatoms. The van der Waals surface area contributed by atoms with Gasteiger partial charge in [-0.15, -0.1) is 0 Å². The van der Waals surface area contributed by atoms with Crippen molar-refractivity contribution >= 4 is 39.4 Å². The van der Waals surface area contributed by atoms with E-state index in [1.165, 1.54) is 24.3 Å². The lowest BCUT2D eigenvalue weighted by Crippen LogP contribution is -2.58. The third-order valence-corrected chi connectivity index (χ3v) is 9.43. The van der Waals surface area contributed by atoms with Crippen molar-refractivity contribution in [2.24, 2.45) is 17.8 Å². The molecule has 0 aliphatic carbocycles. The number of rotatable bonds is 21. The average Bonchev–Trinajstić information content (AvgIpc) is 3.03. The van der Waals surface area contributed by atoms with Crippen molar-refractivity contribution in [1.82, 2.24) is 31.9 Å². The monoisotopic (exact) mass is 708 g/mol. The van der Waals surface area contributed by atoms with Gasteiger partial charge in [0, 0.05) is 31.0 Å². The maximum atomic E-state index is 13.6. The highest BCUT2D eigenvalue weighted by Gasteiger charge is 2.31. The van der Waals surface area contributed by atoms with Crippen LogP contribution in [0.25, 0.3) is 0 Å². The van der Waals surface area contributed by atoms with E-state index in [1.54, 1.807) is 6.92 Å². The fourth-order valence-corrected chi connectivity index (χ4v) is 5.80. The quantitative estimate of drug-likeness (QED) is 0.112. The van der Waals surface area contributed by atoms with Crippen LogP contribution in [0.2, 0.25) is 0 Å². The minimum absolute atomic E-state index is 0.0774. The fourth-order valence-electron chi connectivity index (χ4n) is 5.17. The molecule has 1 aromatic rings. The summed E-state index contributed by atoms with van der Waals surface area (Å²) in [5, 5.41) is 17.4. The van der Waals surface area contributed by atoms with Crippen molar-refractivity contribution < 1.29 is 32.4 Å². The lowest BCUT2D eigenvalue weighted by Gasteiger charge is -2.29. The molecule has 1 aromatic carbocycles. The minimum Gasteiger partial charge on any atom is -0.355 e. The molecular formula is C35H60N6O7S. The molecule has 13 nitrogen and oxygen atoms in total. The number of likely N-dealkylation sites (N-methyl/N-ethyl adjacent to an activating group) is 1. The third kappa shape index (κ3) is 14.9. The summed E-state index contributed by atoms with van der Waals surface area (Å²) in [6, 6.07) is 1.98. The van der Waals surface area contributed by atoms with Crippen LogP contribution in [0.3, 0.4) is 0 Å². The lowest BCUT2D eigenvalue weighted by molar-refractivity contribution is -0.131. The number of carbonyl (C=O) groups is 5. The van der Waals surface area contributed by atoms with Gasteiger partial charge in [0.05, 0.1) is 10.9 Å². The van der Waals surface area contributed by atoms with Crippen molar-refractivity contribution in [1.29, 1.82) is 0 Å². The Balaban J connectivity index is 3.03. The van der Waals surface area contributed by atoms with Gasteiger partial charge in [0.1, 0.15) is 18.1 Å². The topological polar surface area (TPSA) is 192 Å². The molecule has 0 unspecified atom stereocenters. The second-order valence-corrected chi connectivity index (χ2v) is 15.6. The molecule has 0 fully saturated rings. The van der Waals surface area contributed by atoms with Crippen LogP contribution in [0.1, 0.15) is 98.4 Å². The number of amides is 5. The van der Waals surface area contributed by atoms with Gasteiger partial charge in [0.25, 0.3) is 5.91 Å². The third-order valence-electron chi connectivity index (χ3n) is 8.30. The molecule has 0 saturated carbocycles. The number of benzene rings is 1. The van der Waals surface area contributed by atoms with E-state index in [0.29, 0.717) is 32.2 Å². The molecule has 0 heterocycles. The highest BCUT2D eigenvalue weighted by molar-refractivity contribution is 7.90. The number of nitrogens with one attached hydrogen (secondary N) is 6. The number of carbonyl (C=O) groups excluding carboxylic acids is 5. The fraction of sp³-hybridized carbons (Fsp3) is 0.686. The first-order chi connectivity index (χ1) is 22.9. The molecule has 5 amide bonds. The van der Waals surface area contributed by atoms with Crippen molar-refractivity contribution in [3.63, 3.8) is 0 Å². The number of hydrogen-bond donors (Lipinski definition) is 6. The molecule has 0 aromatic heterocycles. The molecule has 0 saturated heterocycles. The Bertz CT molecular complexity index is 1350. The molecule has 0 bridgehead atoms. The SMILES string of the molecule is CCC[C@H](NC(=O)[C@@H](NC(=O)c1ccc(S(C)(=O)=O)cc1)[C@@H](C)CC)C(=O)N[C@H](CN[C@@H](C)C(=O)N[C@H](C(=O)NCC)C(C)C)CC(C)C. The first-order valence-electron chi connectivity index (χ1n) is 17.4. The first-order valence-corrected chi connectivity index (χ1v) is 19.3. The Labute approximate surface area is 293 Å². The minimum atomic E-state index is -3.43. The second kappa shape index (κ2) is 20.9. The van der Waals surface area contributed by atoms with Gasteiger partial charge in [-0.05, 0) is 68.7 Å². The Kier molecular flexibility index (Phi) is 18.5. The maximum Gasteiger partial charge on any atom is 0.251 e. The van der Waals surface area contributed by atoms with Crippen molar-refractivity contribution in [2.45, 2.75) is 123 Å². The summed E-state index contributed by atoms with van der Waals surface area (Å²) in [7, 11) is -3.43. The molecule has 0 aliphatic rings. The maximum absolute atomic E-state index is 13.6.